The van der Waals surface area contributed by atoms with Gasteiger partial charge in [-0.15, -0.1) is 0 Å². The molecule has 0 saturated carbocycles. The summed E-state index contributed by atoms with van der Waals surface area (Å²) in [6.07, 6.45) is -0.223. The number of hydrogen-bond donors (Lipinski definition) is 1. The molecule has 0 spiro atoms. The van der Waals surface area contributed by atoms with Crippen LogP contribution in [0.4, 0.5) is 0 Å². The third-order valence-electron chi connectivity index (χ3n) is 3.90. The van der Waals surface area contributed by atoms with Gasteiger partial charge in [-0.1, -0.05) is 48.5 Å². The molecule has 0 aromatic heterocycles. The van der Waals surface area contributed by atoms with Crippen molar-refractivity contribution in [3.8, 4) is 5.75 Å². The van der Waals surface area contributed by atoms with E-state index in [0.717, 1.165) is 17.9 Å². The Kier molecular flexibility index (Phi) is 5.28. The maximum Gasteiger partial charge on any atom is 0.265 e. The Labute approximate surface area is 137 Å². The summed E-state index contributed by atoms with van der Waals surface area (Å²) < 4.78 is 18.6. The summed E-state index contributed by atoms with van der Waals surface area (Å²) in [6, 6.07) is 19.8. The van der Waals surface area contributed by atoms with Gasteiger partial charge >= 0.3 is 0 Å². The van der Waals surface area contributed by atoms with Gasteiger partial charge in [-0.25, -0.2) is 0 Å². The van der Waals surface area contributed by atoms with Crippen molar-refractivity contribution >= 4 is 0 Å². The molecule has 1 fully saturated rings. The minimum Gasteiger partial charge on any atom is -0.455 e. The molecule has 2 aromatic rings. The van der Waals surface area contributed by atoms with Crippen molar-refractivity contribution in [3.63, 3.8) is 0 Å². The topological polar surface area (TPSA) is 39.7 Å². The number of nitrogens with one attached hydrogen (secondary N) is 1. The van der Waals surface area contributed by atoms with Crippen molar-refractivity contribution in [3.05, 3.63) is 66.2 Å². The van der Waals surface area contributed by atoms with Gasteiger partial charge < -0.3 is 19.5 Å². The van der Waals surface area contributed by atoms with Crippen LogP contribution in [0.1, 0.15) is 12.5 Å². The maximum atomic E-state index is 6.38. The highest BCUT2D eigenvalue weighted by molar-refractivity contribution is 5.28. The summed E-state index contributed by atoms with van der Waals surface area (Å²) in [7, 11) is 0. The van der Waals surface area contributed by atoms with E-state index < -0.39 is 5.79 Å². The number of para-hydroxylation sites is 1. The molecule has 4 heteroatoms. The number of morpholine rings is 1. The van der Waals surface area contributed by atoms with Gasteiger partial charge in [-0.3, -0.25) is 0 Å². The van der Waals surface area contributed by atoms with E-state index in [1.807, 2.05) is 67.6 Å². The van der Waals surface area contributed by atoms with E-state index in [0.29, 0.717) is 19.8 Å². The van der Waals surface area contributed by atoms with Gasteiger partial charge in [0.1, 0.15) is 11.9 Å². The first-order valence-electron chi connectivity index (χ1n) is 8.11. The third kappa shape index (κ3) is 3.55. The van der Waals surface area contributed by atoms with E-state index in [1.54, 1.807) is 0 Å². The Balaban J connectivity index is 2.01. The Morgan fingerprint density at radius 3 is 2.39 bits per heavy atom. The smallest absolute Gasteiger partial charge is 0.265 e. The van der Waals surface area contributed by atoms with E-state index in [1.165, 1.54) is 0 Å². The summed E-state index contributed by atoms with van der Waals surface area (Å²) in [6.45, 7) is 4.68. The van der Waals surface area contributed by atoms with E-state index in [2.05, 4.69) is 5.32 Å². The fourth-order valence-electron chi connectivity index (χ4n) is 2.87. The number of ether oxygens (including phenoxy) is 3. The molecule has 122 valence electrons. The Morgan fingerprint density at radius 2 is 1.78 bits per heavy atom. The first-order valence-corrected chi connectivity index (χ1v) is 8.11. The molecule has 2 unspecified atom stereocenters. The molecule has 1 heterocycles. The molecule has 4 nitrogen and oxygen atoms in total. The van der Waals surface area contributed by atoms with Crippen molar-refractivity contribution in [1.82, 2.24) is 5.32 Å². The van der Waals surface area contributed by atoms with Crippen LogP contribution in [-0.4, -0.2) is 32.4 Å². The van der Waals surface area contributed by atoms with Gasteiger partial charge in [0.25, 0.3) is 5.79 Å². The van der Waals surface area contributed by atoms with Crippen LogP contribution in [0.25, 0.3) is 0 Å². The van der Waals surface area contributed by atoms with Crippen molar-refractivity contribution < 1.29 is 14.2 Å². The fourth-order valence-corrected chi connectivity index (χ4v) is 2.87. The van der Waals surface area contributed by atoms with Crippen LogP contribution in [0, 0.1) is 0 Å². The van der Waals surface area contributed by atoms with Crippen molar-refractivity contribution in [2.45, 2.75) is 18.8 Å². The van der Waals surface area contributed by atoms with Crippen LogP contribution >= 0.6 is 0 Å². The molecule has 2 aromatic carbocycles. The summed E-state index contributed by atoms with van der Waals surface area (Å²) >= 11 is 0. The monoisotopic (exact) mass is 313 g/mol. The van der Waals surface area contributed by atoms with Crippen LogP contribution in [0.5, 0.6) is 5.75 Å². The first kappa shape index (κ1) is 16.0. The van der Waals surface area contributed by atoms with E-state index in [4.69, 9.17) is 14.2 Å². The predicted octanol–water partition coefficient (Wildman–Crippen LogP) is 2.94. The average molecular weight is 313 g/mol. The largest absolute Gasteiger partial charge is 0.455 e. The van der Waals surface area contributed by atoms with Crippen LogP contribution in [0.3, 0.4) is 0 Å². The second-order valence-electron chi connectivity index (χ2n) is 5.45. The minimum atomic E-state index is -0.967. The van der Waals surface area contributed by atoms with Gasteiger partial charge in [-0.2, -0.15) is 0 Å². The van der Waals surface area contributed by atoms with Crippen molar-refractivity contribution in [1.29, 1.82) is 0 Å². The number of rotatable bonds is 6. The quantitative estimate of drug-likeness (QED) is 0.832. The van der Waals surface area contributed by atoms with Gasteiger partial charge in [-0.05, 0) is 19.1 Å². The summed E-state index contributed by atoms with van der Waals surface area (Å²) in [5.41, 5.74) is 0.958. The van der Waals surface area contributed by atoms with E-state index in [9.17, 15) is 0 Å². The molecule has 1 aliphatic heterocycles. The van der Waals surface area contributed by atoms with Gasteiger partial charge in [0.05, 0.1) is 6.61 Å². The molecular formula is C19H23NO3. The number of benzene rings is 2. The Morgan fingerprint density at radius 1 is 1.09 bits per heavy atom. The maximum absolute atomic E-state index is 6.38. The third-order valence-corrected chi connectivity index (χ3v) is 3.90. The molecule has 1 N–H and O–H groups in total. The first-order chi connectivity index (χ1) is 11.3. The second kappa shape index (κ2) is 7.59. The zero-order valence-electron chi connectivity index (χ0n) is 13.4. The number of hydrogen-bond acceptors (Lipinski definition) is 4. The molecule has 0 bridgehead atoms. The highest BCUT2D eigenvalue weighted by Crippen LogP contribution is 2.35. The van der Waals surface area contributed by atoms with Crippen molar-refractivity contribution in [2.75, 3.05) is 26.3 Å². The highest BCUT2D eigenvalue weighted by atomic mass is 16.7. The van der Waals surface area contributed by atoms with Gasteiger partial charge in [0, 0.05) is 25.3 Å². The lowest BCUT2D eigenvalue weighted by molar-refractivity contribution is -0.261. The highest BCUT2D eigenvalue weighted by Gasteiger charge is 2.46. The standard InChI is InChI=1S/C19H23NO3/c1-2-22-19(16-9-5-3-6-10-16,18-15-20-13-14-21-18)23-17-11-7-4-8-12-17/h3-12,18,20H,2,13-15H2,1H3. The van der Waals surface area contributed by atoms with Crippen molar-refractivity contribution in [2.24, 2.45) is 0 Å². The van der Waals surface area contributed by atoms with Crippen LogP contribution in [-0.2, 0) is 15.3 Å². The van der Waals surface area contributed by atoms with Crippen LogP contribution in [0.2, 0.25) is 0 Å². The van der Waals surface area contributed by atoms with E-state index >= 15 is 0 Å². The molecule has 0 radical (unpaired) electrons. The molecule has 0 amide bonds. The van der Waals surface area contributed by atoms with Crippen LogP contribution in [0.15, 0.2) is 60.7 Å². The molecule has 2 atom stereocenters. The summed E-state index contributed by atoms with van der Waals surface area (Å²) in [5, 5.41) is 3.37. The molecule has 0 aliphatic carbocycles. The second-order valence-corrected chi connectivity index (χ2v) is 5.45. The Hall–Kier alpha value is -1.88. The Bertz CT molecular complexity index is 584. The zero-order chi connectivity index (χ0) is 16.0. The SMILES string of the molecule is CCOC(Oc1ccccc1)(c1ccccc1)C1CNCCO1. The summed E-state index contributed by atoms with van der Waals surface area (Å²) in [4.78, 5) is 0. The fraction of sp³-hybridized carbons (Fsp3) is 0.368. The van der Waals surface area contributed by atoms with E-state index in [-0.39, 0.29) is 6.10 Å². The zero-order valence-corrected chi connectivity index (χ0v) is 13.4. The molecule has 23 heavy (non-hydrogen) atoms. The lowest BCUT2D eigenvalue weighted by Gasteiger charge is -2.42. The predicted molar refractivity (Wildman–Crippen MR) is 89.4 cm³/mol. The summed E-state index contributed by atoms with van der Waals surface area (Å²) in [5.74, 6) is -0.205. The molecule has 1 saturated heterocycles. The molecule has 3 rings (SSSR count). The lowest BCUT2D eigenvalue weighted by atomic mass is 9.98. The van der Waals surface area contributed by atoms with Gasteiger partial charge in [0.15, 0.2) is 0 Å². The average Bonchev–Trinajstić information content (AvgIpc) is 2.64. The van der Waals surface area contributed by atoms with Crippen LogP contribution < -0.4 is 10.1 Å². The molecule has 1 aliphatic rings. The van der Waals surface area contributed by atoms with Gasteiger partial charge in [0.2, 0.25) is 0 Å². The lowest BCUT2D eigenvalue weighted by Crippen LogP contribution is -2.56. The normalized spacial score (nSPS) is 20.7. The molecular weight excluding hydrogens is 290 g/mol. The minimum absolute atomic E-state index is 0.223.